The van der Waals surface area contributed by atoms with Gasteiger partial charge in [-0.15, -0.1) is 0 Å². The second-order valence-electron chi connectivity index (χ2n) is 3.38. The van der Waals surface area contributed by atoms with E-state index in [1.54, 1.807) is 37.5 Å². The lowest BCUT2D eigenvalue weighted by Crippen LogP contribution is -1.96. The van der Waals surface area contributed by atoms with E-state index in [4.69, 9.17) is 9.47 Å². The van der Waals surface area contributed by atoms with Gasteiger partial charge in [0.05, 0.1) is 12.3 Å². The number of amides is 1. The number of rotatable bonds is 6. The molecular formula is C14H13NO3S. The molecule has 0 spiro atoms. The molecule has 4 nitrogen and oxygen atoms in total. The fourth-order valence-electron chi connectivity index (χ4n) is 1.31. The van der Waals surface area contributed by atoms with Crippen LogP contribution in [0.2, 0.25) is 0 Å². The first-order chi connectivity index (χ1) is 9.21. The van der Waals surface area contributed by atoms with Crippen LogP contribution in [-0.4, -0.2) is 24.8 Å². The molecule has 1 rings (SSSR count). The fraction of sp³-hybridized carbons (Fsp3) is 0.143. The quantitative estimate of drug-likeness (QED) is 0.346. The number of nitrogens with zero attached hydrogens (tertiary/aromatic N) is 1. The van der Waals surface area contributed by atoms with Crippen LogP contribution in [0.1, 0.15) is 5.56 Å². The van der Waals surface area contributed by atoms with Crippen LogP contribution in [0, 0.1) is 0 Å². The first kappa shape index (κ1) is 14.8. The predicted octanol–water partition coefficient (Wildman–Crippen LogP) is 2.90. The SMILES string of the molecule is C=CCOc1ccc(/C=C/C(=O)N=C=S)cc1OC. The van der Waals surface area contributed by atoms with Crippen molar-refractivity contribution in [2.75, 3.05) is 13.7 Å². The Bertz CT molecular complexity index is 546. The average molecular weight is 275 g/mol. The third-order valence-electron chi connectivity index (χ3n) is 2.12. The van der Waals surface area contributed by atoms with E-state index >= 15 is 0 Å². The summed E-state index contributed by atoms with van der Waals surface area (Å²) in [5, 5.41) is 2.01. The van der Waals surface area contributed by atoms with Gasteiger partial charge in [0, 0.05) is 6.08 Å². The Morgan fingerprint density at radius 3 is 2.95 bits per heavy atom. The molecular weight excluding hydrogens is 262 g/mol. The lowest BCUT2D eigenvalue weighted by molar-refractivity contribution is -0.113. The normalized spacial score (nSPS) is 9.74. The van der Waals surface area contributed by atoms with Crippen LogP contribution in [0.3, 0.4) is 0 Å². The monoisotopic (exact) mass is 275 g/mol. The third kappa shape index (κ3) is 4.87. The molecule has 0 aliphatic heterocycles. The Morgan fingerprint density at radius 1 is 1.53 bits per heavy atom. The summed E-state index contributed by atoms with van der Waals surface area (Å²) < 4.78 is 10.6. The first-order valence-corrected chi connectivity index (χ1v) is 5.83. The van der Waals surface area contributed by atoms with Gasteiger partial charge in [-0.2, -0.15) is 4.99 Å². The van der Waals surface area contributed by atoms with Crippen LogP contribution >= 0.6 is 12.2 Å². The molecule has 19 heavy (non-hydrogen) atoms. The van der Waals surface area contributed by atoms with Crippen molar-refractivity contribution in [3.05, 3.63) is 42.5 Å². The van der Waals surface area contributed by atoms with E-state index in [0.717, 1.165) is 5.56 Å². The van der Waals surface area contributed by atoms with Gasteiger partial charge in [0.1, 0.15) is 6.61 Å². The minimum absolute atomic E-state index is 0.396. The molecule has 98 valence electrons. The molecule has 0 bridgehead atoms. The molecule has 0 fully saturated rings. The number of aliphatic imine (C=N–C) groups is 1. The number of isothiocyanates is 1. The van der Waals surface area contributed by atoms with E-state index in [9.17, 15) is 4.79 Å². The van der Waals surface area contributed by atoms with Crippen LogP contribution in [0.5, 0.6) is 11.5 Å². The highest BCUT2D eigenvalue weighted by Crippen LogP contribution is 2.28. The van der Waals surface area contributed by atoms with E-state index < -0.39 is 5.91 Å². The largest absolute Gasteiger partial charge is 0.493 e. The van der Waals surface area contributed by atoms with E-state index in [0.29, 0.717) is 18.1 Å². The molecule has 1 aromatic carbocycles. The lowest BCUT2D eigenvalue weighted by Gasteiger charge is -2.09. The van der Waals surface area contributed by atoms with Crippen LogP contribution in [0.25, 0.3) is 6.08 Å². The zero-order valence-electron chi connectivity index (χ0n) is 10.5. The van der Waals surface area contributed by atoms with Crippen molar-refractivity contribution in [3.8, 4) is 11.5 Å². The van der Waals surface area contributed by atoms with E-state index in [1.807, 2.05) is 5.16 Å². The molecule has 0 saturated carbocycles. The minimum Gasteiger partial charge on any atom is -0.493 e. The molecule has 0 N–H and O–H groups in total. The molecule has 0 aliphatic rings. The summed E-state index contributed by atoms with van der Waals surface area (Å²) >= 11 is 4.34. The van der Waals surface area contributed by atoms with Gasteiger partial charge in [0.25, 0.3) is 5.91 Å². The van der Waals surface area contributed by atoms with Crippen LogP contribution in [0.15, 0.2) is 41.9 Å². The van der Waals surface area contributed by atoms with Gasteiger partial charge in [-0.3, -0.25) is 4.79 Å². The number of benzene rings is 1. The Morgan fingerprint density at radius 2 is 2.32 bits per heavy atom. The molecule has 1 amide bonds. The number of hydrogen-bond acceptors (Lipinski definition) is 4. The van der Waals surface area contributed by atoms with Crippen molar-refractivity contribution >= 4 is 29.4 Å². The Balaban J connectivity index is 2.90. The second-order valence-corrected chi connectivity index (χ2v) is 3.57. The van der Waals surface area contributed by atoms with Gasteiger partial charge in [-0.25, -0.2) is 0 Å². The van der Waals surface area contributed by atoms with Crippen molar-refractivity contribution in [2.24, 2.45) is 4.99 Å². The van der Waals surface area contributed by atoms with Crippen LogP contribution in [0.4, 0.5) is 0 Å². The average Bonchev–Trinajstić information content (AvgIpc) is 2.43. The number of methoxy groups -OCH3 is 1. The second kappa shape index (κ2) is 7.97. The molecule has 0 saturated heterocycles. The Hall–Kier alpha value is -2.23. The molecule has 0 aromatic heterocycles. The Kier molecular flexibility index (Phi) is 6.22. The molecule has 1 aromatic rings. The van der Waals surface area contributed by atoms with Crippen molar-refractivity contribution in [1.82, 2.24) is 0 Å². The van der Waals surface area contributed by atoms with E-state index in [-0.39, 0.29) is 0 Å². The fourth-order valence-corrected chi connectivity index (χ4v) is 1.40. The van der Waals surface area contributed by atoms with Crippen molar-refractivity contribution in [1.29, 1.82) is 0 Å². The number of thiocarbonyl (C=S) groups is 1. The van der Waals surface area contributed by atoms with Gasteiger partial charge in [0.2, 0.25) is 0 Å². The van der Waals surface area contributed by atoms with Gasteiger partial charge in [0.15, 0.2) is 11.5 Å². The summed E-state index contributed by atoms with van der Waals surface area (Å²) in [4.78, 5) is 14.4. The highest BCUT2D eigenvalue weighted by atomic mass is 32.1. The summed E-state index contributed by atoms with van der Waals surface area (Å²) in [5.74, 6) is 0.735. The highest BCUT2D eigenvalue weighted by molar-refractivity contribution is 7.78. The van der Waals surface area contributed by atoms with Gasteiger partial charge in [-0.05, 0) is 36.0 Å². The third-order valence-corrected chi connectivity index (χ3v) is 2.21. The van der Waals surface area contributed by atoms with Crippen LogP contribution < -0.4 is 9.47 Å². The van der Waals surface area contributed by atoms with E-state index in [2.05, 4.69) is 23.8 Å². The van der Waals surface area contributed by atoms with Crippen molar-refractivity contribution in [3.63, 3.8) is 0 Å². The van der Waals surface area contributed by atoms with Crippen molar-refractivity contribution < 1.29 is 14.3 Å². The van der Waals surface area contributed by atoms with Gasteiger partial charge >= 0.3 is 0 Å². The summed E-state index contributed by atoms with van der Waals surface area (Å²) in [5.41, 5.74) is 0.788. The van der Waals surface area contributed by atoms with Gasteiger partial charge in [-0.1, -0.05) is 18.7 Å². The summed E-state index contributed by atoms with van der Waals surface area (Å²) in [7, 11) is 1.55. The molecule has 0 atom stereocenters. The zero-order valence-corrected chi connectivity index (χ0v) is 11.3. The number of ether oxygens (including phenoxy) is 2. The van der Waals surface area contributed by atoms with Crippen molar-refractivity contribution in [2.45, 2.75) is 0 Å². The molecule has 5 heteroatoms. The number of carbonyl (C=O) groups excluding carboxylic acids is 1. The highest BCUT2D eigenvalue weighted by Gasteiger charge is 2.04. The summed E-state index contributed by atoms with van der Waals surface area (Å²) in [6.07, 6.45) is 4.56. The minimum atomic E-state index is -0.457. The predicted molar refractivity (Wildman–Crippen MR) is 77.8 cm³/mol. The molecule has 0 radical (unpaired) electrons. The summed E-state index contributed by atoms with van der Waals surface area (Å²) in [6, 6.07) is 5.31. The molecule has 0 unspecified atom stereocenters. The maximum atomic E-state index is 11.1. The first-order valence-electron chi connectivity index (χ1n) is 5.43. The van der Waals surface area contributed by atoms with Gasteiger partial charge < -0.3 is 9.47 Å². The van der Waals surface area contributed by atoms with E-state index in [1.165, 1.54) is 6.08 Å². The maximum absolute atomic E-state index is 11.1. The number of hydrogen-bond donors (Lipinski definition) is 0. The topological polar surface area (TPSA) is 47.9 Å². The molecule has 0 heterocycles. The zero-order chi connectivity index (χ0) is 14.1. The standard InChI is InChI=1S/C14H13NO3S/c1-3-8-18-12-6-4-11(9-13(12)17-2)5-7-14(16)15-10-19/h3-7,9H,1,8H2,2H3/b7-5+. The molecule has 0 aliphatic carbocycles. The summed E-state index contributed by atoms with van der Waals surface area (Å²) in [6.45, 7) is 3.97. The lowest BCUT2D eigenvalue weighted by atomic mass is 10.2. The maximum Gasteiger partial charge on any atom is 0.278 e. The number of carbonyl (C=O) groups is 1. The van der Waals surface area contributed by atoms with Crippen LogP contribution in [-0.2, 0) is 4.79 Å². The smallest absolute Gasteiger partial charge is 0.278 e. The Labute approximate surface area is 117 Å².